The Hall–Kier alpha value is -5.60. The van der Waals surface area contributed by atoms with Crippen molar-refractivity contribution in [2.75, 3.05) is 17.7 Å². The predicted molar refractivity (Wildman–Crippen MR) is 238 cm³/mol. The third-order valence-corrected chi connectivity index (χ3v) is 9.03. The summed E-state index contributed by atoms with van der Waals surface area (Å²) in [5, 5.41) is 14.2. The minimum atomic E-state index is -0.206. The van der Waals surface area contributed by atoms with Crippen molar-refractivity contribution in [1.82, 2.24) is 49.0 Å². The highest BCUT2D eigenvalue weighted by Gasteiger charge is 2.21. The molecule has 322 valence electrons. The van der Waals surface area contributed by atoms with Gasteiger partial charge in [-0.3, -0.25) is 9.59 Å². The second-order valence-electron chi connectivity index (χ2n) is 17.5. The van der Waals surface area contributed by atoms with E-state index < -0.39 is 0 Å². The van der Waals surface area contributed by atoms with Crippen molar-refractivity contribution in [3.8, 4) is 0 Å². The van der Waals surface area contributed by atoms with Gasteiger partial charge in [0.1, 0.15) is 0 Å². The molecule has 2 N–H and O–H groups in total. The Bertz CT molecular complexity index is 2190. The molecule has 0 spiro atoms. The predicted octanol–water partition coefficient (Wildman–Crippen LogP) is 6.88. The van der Waals surface area contributed by atoms with Crippen LogP contribution in [0.2, 0.25) is 0 Å². The maximum absolute atomic E-state index is 11.2. The number of aryl methyl sites for hydroxylation is 3. The van der Waals surface area contributed by atoms with E-state index in [2.05, 4.69) is 115 Å². The number of anilines is 2. The molecule has 1 saturated carbocycles. The van der Waals surface area contributed by atoms with E-state index in [0.29, 0.717) is 29.7 Å². The molecule has 5 aromatic heterocycles. The molecule has 5 aromatic rings. The number of hydrogen-bond donors (Lipinski definition) is 2. The molecule has 0 bridgehead atoms. The number of nitrogens with zero attached hydrogens (tertiary/aromatic N) is 10. The highest BCUT2D eigenvalue weighted by molar-refractivity contribution is 5.29. The third kappa shape index (κ3) is 17.8. The zero-order valence-corrected chi connectivity index (χ0v) is 38.2. The van der Waals surface area contributed by atoms with Gasteiger partial charge in [-0.1, -0.05) is 83.1 Å². The molecule has 1 aliphatic rings. The monoisotopic (exact) mass is 813 g/mol. The van der Waals surface area contributed by atoms with Gasteiger partial charge in [-0.05, 0) is 69.7 Å². The molecule has 15 heteroatoms. The summed E-state index contributed by atoms with van der Waals surface area (Å²) < 4.78 is 4.19. The van der Waals surface area contributed by atoms with Crippen molar-refractivity contribution in [2.24, 2.45) is 21.1 Å². The number of nitrogens with one attached hydrogen (secondary N) is 2. The van der Waals surface area contributed by atoms with Crippen LogP contribution >= 0.6 is 0 Å². The van der Waals surface area contributed by atoms with Gasteiger partial charge in [0.2, 0.25) is 11.9 Å². The molecule has 1 aliphatic carbocycles. The summed E-state index contributed by atoms with van der Waals surface area (Å²) in [7, 11) is 6.83. The standard InChI is InChI=1S/C10H15N3.2C9H14N2O.C8H13N3.C8H12N2O/c1-7(2)8-5-11-10(12-6-8)13-9-3-4-9;1-9(2,3)7-5-10-8(12)11(4)6-7;1-9(2,3)7-5-8(12)11(4)10-6-7;1-6(2)7-4-10-8(9-3)11-5-7;1-6(2)7-4-5-8(11)10(3)9-7/h5-7,9H,3-4H2,1-2H3,(H,11,12,13);2*5-6H,1-4H3;4-6H,1-3H3,(H,9,10,11);4-6H,1-3H3. The normalized spacial score (nSPS) is 12.2. The quantitative estimate of drug-likeness (QED) is 0.182. The summed E-state index contributed by atoms with van der Waals surface area (Å²) >= 11 is 0. The van der Waals surface area contributed by atoms with Crippen LogP contribution in [0, 0.1) is 0 Å². The Morgan fingerprint density at radius 2 is 1.14 bits per heavy atom. The van der Waals surface area contributed by atoms with Gasteiger partial charge < -0.3 is 15.2 Å². The zero-order chi connectivity index (χ0) is 44.7. The number of rotatable bonds is 6. The maximum atomic E-state index is 11.2. The summed E-state index contributed by atoms with van der Waals surface area (Å²) in [5.41, 5.74) is 5.10. The van der Waals surface area contributed by atoms with E-state index in [1.165, 1.54) is 37.9 Å². The molecule has 0 saturated heterocycles. The first-order valence-corrected chi connectivity index (χ1v) is 20.1. The van der Waals surface area contributed by atoms with E-state index in [0.717, 1.165) is 22.8 Å². The molecule has 6 rings (SSSR count). The summed E-state index contributed by atoms with van der Waals surface area (Å²) in [6.45, 7) is 25.1. The van der Waals surface area contributed by atoms with E-state index in [9.17, 15) is 14.4 Å². The largest absolute Gasteiger partial charge is 0.357 e. The van der Waals surface area contributed by atoms with Crippen LogP contribution in [-0.2, 0) is 32.0 Å². The molecule has 0 aromatic carbocycles. The summed E-state index contributed by atoms with van der Waals surface area (Å²) in [4.78, 5) is 53.5. The van der Waals surface area contributed by atoms with Crippen LogP contribution in [0.1, 0.15) is 142 Å². The first-order valence-electron chi connectivity index (χ1n) is 20.1. The van der Waals surface area contributed by atoms with Crippen LogP contribution in [0.5, 0.6) is 0 Å². The number of aromatic nitrogens is 10. The van der Waals surface area contributed by atoms with Gasteiger partial charge >= 0.3 is 5.69 Å². The van der Waals surface area contributed by atoms with E-state index in [1.807, 2.05) is 51.9 Å². The number of hydrogen-bond acceptors (Lipinski definition) is 12. The van der Waals surface area contributed by atoms with Crippen molar-refractivity contribution < 1.29 is 0 Å². The topological polar surface area (TPSA) is 180 Å². The minimum Gasteiger partial charge on any atom is -0.357 e. The van der Waals surface area contributed by atoms with E-state index in [-0.39, 0.29) is 27.6 Å². The molecular weight excluding hydrogens is 745 g/mol. The molecular formula is C44H68N12O3. The van der Waals surface area contributed by atoms with E-state index in [4.69, 9.17) is 0 Å². The van der Waals surface area contributed by atoms with Crippen LogP contribution in [0.4, 0.5) is 11.9 Å². The van der Waals surface area contributed by atoms with Crippen molar-refractivity contribution in [3.05, 3.63) is 121 Å². The average Bonchev–Trinajstić information content (AvgIpc) is 3.99. The maximum Gasteiger partial charge on any atom is 0.347 e. The lowest BCUT2D eigenvalue weighted by Gasteiger charge is -2.18. The zero-order valence-electron chi connectivity index (χ0n) is 38.2. The third-order valence-electron chi connectivity index (χ3n) is 9.03. The van der Waals surface area contributed by atoms with Crippen LogP contribution < -0.4 is 27.4 Å². The summed E-state index contributed by atoms with van der Waals surface area (Å²) in [6, 6.07) is 5.58. The molecule has 15 nitrogen and oxygen atoms in total. The second-order valence-corrected chi connectivity index (χ2v) is 17.5. The molecule has 0 aliphatic heterocycles. The lowest BCUT2D eigenvalue weighted by molar-refractivity contribution is 0.572. The highest BCUT2D eigenvalue weighted by atomic mass is 16.1. The van der Waals surface area contributed by atoms with Crippen LogP contribution in [-0.4, -0.2) is 62.1 Å². The Labute approximate surface area is 350 Å². The van der Waals surface area contributed by atoms with Crippen molar-refractivity contribution in [2.45, 2.75) is 131 Å². The van der Waals surface area contributed by atoms with Crippen LogP contribution in [0.15, 0.2) is 76.0 Å². The van der Waals surface area contributed by atoms with Crippen molar-refractivity contribution in [3.63, 3.8) is 0 Å². The molecule has 5 heterocycles. The van der Waals surface area contributed by atoms with E-state index in [1.54, 1.807) is 51.7 Å². The van der Waals surface area contributed by atoms with Crippen LogP contribution in [0.3, 0.4) is 0 Å². The van der Waals surface area contributed by atoms with Gasteiger partial charge in [0.25, 0.3) is 11.1 Å². The highest BCUT2D eigenvalue weighted by Crippen LogP contribution is 2.23. The fraction of sp³-hybridized carbons (Fsp3) is 0.545. The Morgan fingerprint density at radius 1 is 0.627 bits per heavy atom. The minimum absolute atomic E-state index is 0.000417. The van der Waals surface area contributed by atoms with Gasteiger partial charge in [-0.2, -0.15) is 10.2 Å². The van der Waals surface area contributed by atoms with Gasteiger partial charge in [-0.25, -0.2) is 39.1 Å². The molecule has 0 unspecified atom stereocenters. The van der Waals surface area contributed by atoms with Gasteiger partial charge in [0.05, 0.1) is 11.9 Å². The lowest BCUT2D eigenvalue weighted by atomic mass is 9.89. The molecule has 0 radical (unpaired) electrons. The Balaban J connectivity index is 0.000000255. The lowest BCUT2D eigenvalue weighted by Crippen LogP contribution is -2.23. The van der Waals surface area contributed by atoms with Crippen LogP contribution in [0.25, 0.3) is 0 Å². The van der Waals surface area contributed by atoms with Gasteiger partial charge in [0.15, 0.2) is 0 Å². The Morgan fingerprint density at radius 3 is 1.53 bits per heavy atom. The van der Waals surface area contributed by atoms with Crippen molar-refractivity contribution >= 4 is 11.9 Å². The van der Waals surface area contributed by atoms with E-state index >= 15 is 0 Å². The van der Waals surface area contributed by atoms with Gasteiger partial charge in [-0.15, -0.1) is 0 Å². The van der Waals surface area contributed by atoms with Crippen molar-refractivity contribution in [1.29, 1.82) is 0 Å². The summed E-state index contributed by atoms with van der Waals surface area (Å²) in [5.74, 6) is 2.83. The second kappa shape index (κ2) is 22.5. The first kappa shape index (κ1) is 49.5. The summed E-state index contributed by atoms with van der Waals surface area (Å²) in [6.07, 6.45) is 15.2. The smallest absolute Gasteiger partial charge is 0.347 e. The first-order chi connectivity index (χ1) is 27.4. The van der Waals surface area contributed by atoms with Gasteiger partial charge in [0, 0.05) is 83.5 Å². The molecule has 59 heavy (non-hydrogen) atoms. The molecule has 1 fully saturated rings. The fourth-order valence-electron chi connectivity index (χ4n) is 4.49. The molecule has 0 amide bonds. The average molecular weight is 813 g/mol. The SMILES string of the molecule is CC(C)c1ccc(=O)n(C)n1.CC(C)c1cnc(NC2CC2)nc1.CNc1ncc(C(C)C)cn1.Cn1cc(C(C)(C)C)cnc1=O.Cn1ncc(C(C)(C)C)cc1=O. The fourth-order valence-corrected chi connectivity index (χ4v) is 4.49. The molecule has 0 atom stereocenters. The Kier molecular flexibility index (Phi) is 18.9.